The van der Waals surface area contributed by atoms with Gasteiger partial charge in [-0.15, -0.1) is 0 Å². The number of anilines is 1. The maximum atomic E-state index is 12.4. The van der Waals surface area contributed by atoms with Gasteiger partial charge in [-0.2, -0.15) is 0 Å². The zero-order chi connectivity index (χ0) is 22.5. The van der Waals surface area contributed by atoms with Gasteiger partial charge in [-0.05, 0) is 55.7 Å². The van der Waals surface area contributed by atoms with Crippen molar-refractivity contribution in [3.63, 3.8) is 0 Å². The molecule has 0 bridgehead atoms. The molecule has 4 N–H and O–H groups in total. The Morgan fingerprint density at radius 2 is 1.90 bits per heavy atom. The van der Waals surface area contributed by atoms with Crippen molar-refractivity contribution in [2.24, 2.45) is 0 Å². The SMILES string of the molecule is CCNC(=O)C(NC(=O)CCc1cccnc1)Nc1ccc(OCCCC(=O)O)cc1. The average Bonchev–Trinajstić information content (AvgIpc) is 2.76. The van der Waals surface area contributed by atoms with Crippen LogP contribution in [0.3, 0.4) is 0 Å². The van der Waals surface area contributed by atoms with Crippen LogP contribution in [0.2, 0.25) is 0 Å². The number of carboxylic acid groups (broad SMARTS) is 1. The highest BCUT2D eigenvalue weighted by Gasteiger charge is 2.20. The first-order chi connectivity index (χ1) is 15.0. The van der Waals surface area contributed by atoms with Crippen molar-refractivity contribution in [2.45, 2.75) is 38.8 Å². The predicted molar refractivity (Wildman–Crippen MR) is 116 cm³/mol. The summed E-state index contributed by atoms with van der Waals surface area (Å²) in [7, 11) is 0. The number of amides is 2. The zero-order valence-electron chi connectivity index (χ0n) is 17.5. The van der Waals surface area contributed by atoms with Crippen LogP contribution >= 0.6 is 0 Å². The quantitative estimate of drug-likeness (QED) is 0.283. The standard InChI is InChI=1S/C22H28N4O5/c1-2-24-22(30)21(26-19(27)12-7-16-5-3-13-23-15-16)25-17-8-10-18(11-9-17)31-14-4-6-20(28)29/h3,5,8-11,13,15,21,25H,2,4,6-7,12,14H2,1H3,(H,24,30)(H,26,27)(H,28,29). The second kappa shape index (κ2) is 12.8. The van der Waals surface area contributed by atoms with Gasteiger partial charge >= 0.3 is 5.97 Å². The molecular weight excluding hydrogens is 400 g/mol. The molecule has 2 rings (SSSR count). The van der Waals surface area contributed by atoms with Gasteiger partial charge in [0.2, 0.25) is 5.91 Å². The second-order valence-electron chi connectivity index (χ2n) is 6.77. The lowest BCUT2D eigenvalue weighted by atomic mass is 10.1. The monoisotopic (exact) mass is 428 g/mol. The number of aliphatic carboxylic acids is 1. The summed E-state index contributed by atoms with van der Waals surface area (Å²) in [6.45, 7) is 2.54. The molecule has 0 saturated carbocycles. The molecule has 0 saturated heterocycles. The third-order valence-electron chi connectivity index (χ3n) is 4.25. The van der Waals surface area contributed by atoms with E-state index in [0.29, 0.717) is 37.4 Å². The van der Waals surface area contributed by atoms with Crippen molar-refractivity contribution in [1.82, 2.24) is 15.6 Å². The van der Waals surface area contributed by atoms with Crippen molar-refractivity contribution in [3.8, 4) is 5.75 Å². The lowest BCUT2D eigenvalue weighted by molar-refractivity contribution is -0.137. The normalized spacial score (nSPS) is 11.3. The van der Waals surface area contributed by atoms with Crippen molar-refractivity contribution in [3.05, 3.63) is 54.4 Å². The summed E-state index contributed by atoms with van der Waals surface area (Å²) in [4.78, 5) is 39.3. The minimum Gasteiger partial charge on any atom is -0.494 e. The minimum atomic E-state index is -0.927. The Bertz CT molecular complexity index is 843. The molecule has 1 aromatic carbocycles. The lowest BCUT2D eigenvalue weighted by Crippen LogP contribution is -2.51. The number of ether oxygens (including phenoxy) is 1. The number of carboxylic acids is 1. The topological polar surface area (TPSA) is 130 Å². The fourth-order valence-corrected chi connectivity index (χ4v) is 2.71. The van der Waals surface area contributed by atoms with Gasteiger partial charge < -0.3 is 25.8 Å². The number of hydrogen-bond acceptors (Lipinski definition) is 6. The molecule has 0 fully saturated rings. The molecule has 9 nitrogen and oxygen atoms in total. The predicted octanol–water partition coefficient (Wildman–Crippen LogP) is 1.95. The molecule has 2 aromatic rings. The van der Waals surface area contributed by atoms with Gasteiger partial charge in [0.25, 0.3) is 5.91 Å². The van der Waals surface area contributed by atoms with E-state index in [4.69, 9.17) is 9.84 Å². The lowest BCUT2D eigenvalue weighted by Gasteiger charge is -2.20. The molecule has 0 aliphatic carbocycles. The highest BCUT2D eigenvalue weighted by Crippen LogP contribution is 2.16. The number of aromatic nitrogens is 1. The maximum absolute atomic E-state index is 12.4. The molecule has 1 heterocycles. The van der Waals surface area contributed by atoms with E-state index in [1.165, 1.54) is 0 Å². The van der Waals surface area contributed by atoms with Crippen LogP contribution in [0.4, 0.5) is 5.69 Å². The fraction of sp³-hybridized carbons (Fsp3) is 0.364. The number of benzene rings is 1. The first kappa shape index (κ1) is 23.7. The van der Waals surface area contributed by atoms with Gasteiger partial charge in [0.05, 0.1) is 6.61 Å². The molecule has 0 radical (unpaired) electrons. The molecule has 166 valence electrons. The average molecular weight is 428 g/mol. The number of likely N-dealkylation sites (N-methyl/N-ethyl adjacent to an activating group) is 1. The zero-order valence-corrected chi connectivity index (χ0v) is 17.5. The summed E-state index contributed by atoms with van der Waals surface area (Å²) in [6, 6.07) is 10.6. The molecule has 31 heavy (non-hydrogen) atoms. The number of carbonyl (C=O) groups is 3. The van der Waals surface area contributed by atoms with Crippen LogP contribution in [0.1, 0.15) is 31.7 Å². The molecule has 1 aromatic heterocycles. The van der Waals surface area contributed by atoms with Gasteiger partial charge in [-0.3, -0.25) is 19.4 Å². The molecule has 0 spiro atoms. The van der Waals surface area contributed by atoms with E-state index in [1.54, 1.807) is 43.6 Å². The van der Waals surface area contributed by atoms with E-state index < -0.39 is 12.1 Å². The van der Waals surface area contributed by atoms with E-state index in [9.17, 15) is 14.4 Å². The van der Waals surface area contributed by atoms with Crippen LogP contribution in [0, 0.1) is 0 Å². The number of aryl methyl sites for hydroxylation is 1. The third kappa shape index (κ3) is 9.16. The smallest absolute Gasteiger partial charge is 0.303 e. The Kier molecular flexibility index (Phi) is 9.80. The fourth-order valence-electron chi connectivity index (χ4n) is 2.71. The Morgan fingerprint density at radius 1 is 1.13 bits per heavy atom. The van der Waals surface area contributed by atoms with E-state index >= 15 is 0 Å². The molecular formula is C22H28N4O5. The van der Waals surface area contributed by atoms with E-state index in [2.05, 4.69) is 20.9 Å². The Labute approximate surface area is 181 Å². The Balaban J connectivity index is 1.90. The second-order valence-corrected chi connectivity index (χ2v) is 6.77. The summed E-state index contributed by atoms with van der Waals surface area (Å²) in [5.74, 6) is -0.870. The Morgan fingerprint density at radius 3 is 2.55 bits per heavy atom. The molecule has 1 atom stereocenters. The molecule has 0 aliphatic rings. The Hall–Kier alpha value is -3.62. The first-order valence-corrected chi connectivity index (χ1v) is 10.1. The summed E-state index contributed by atoms with van der Waals surface area (Å²) in [6.07, 6.45) is 3.67. The number of rotatable bonds is 13. The van der Waals surface area contributed by atoms with E-state index in [1.807, 2.05) is 12.1 Å². The maximum Gasteiger partial charge on any atom is 0.303 e. The van der Waals surface area contributed by atoms with Crippen molar-refractivity contribution in [1.29, 1.82) is 0 Å². The van der Waals surface area contributed by atoms with Gasteiger partial charge in [0.15, 0.2) is 6.17 Å². The summed E-state index contributed by atoms with van der Waals surface area (Å²) >= 11 is 0. The molecule has 0 aliphatic heterocycles. The first-order valence-electron chi connectivity index (χ1n) is 10.1. The summed E-state index contributed by atoms with van der Waals surface area (Å²) in [5, 5.41) is 17.1. The summed E-state index contributed by atoms with van der Waals surface area (Å²) < 4.78 is 5.50. The van der Waals surface area contributed by atoms with Crippen molar-refractivity contribution >= 4 is 23.5 Å². The van der Waals surface area contributed by atoms with Gasteiger partial charge in [-0.1, -0.05) is 6.07 Å². The van der Waals surface area contributed by atoms with Gasteiger partial charge in [0, 0.05) is 37.5 Å². The van der Waals surface area contributed by atoms with Gasteiger partial charge in [0.1, 0.15) is 5.75 Å². The number of pyridine rings is 1. The van der Waals surface area contributed by atoms with E-state index in [0.717, 1.165) is 5.56 Å². The number of hydrogen-bond donors (Lipinski definition) is 4. The van der Waals surface area contributed by atoms with Crippen LogP contribution in [0.15, 0.2) is 48.8 Å². The van der Waals surface area contributed by atoms with Gasteiger partial charge in [-0.25, -0.2) is 0 Å². The minimum absolute atomic E-state index is 0.0499. The number of nitrogens with one attached hydrogen (secondary N) is 3. The molecule has 1 unspecified atom stereocenters. The van der Waals surface area contributed by atoms with Crippen molar-refractivity contribution < 1.29 is 24.2 Å². The molecule has 2 amide bonds. The van der Waals surface area contributed by atoms with Crippen LogP contribution < -0.4 is 20.7 Å². The number of carbonyl (C=O) groups excluding carboxylic acids is 2. The van der Waals surface area contributed by atoms with Crippen LogP contribution in [-0.4, -0.2) is 47.2 Å². The van der Waals surface area contributed by atoms with Crippen molar-refractivity contribution in [2.75, 3.05) is 18.5 Å². The molecule has 9 heteroatoms. The highest BCUT2D eigenvalue weighted by atomic mass is 16.5. The van der Waals surface area contributed by atoms with E-state index in [-0.39, 0.29) is 24.7 Å². The third-order valence-corrected chi connectivity index (χ3v) is 4.25. The highest BCUT2D eigenvalue weighted by molar-refractivity contribution is 5.89. The summed E-state index contributed by atoms with van der Waals surface area (Å²) in [5.41, 5.74) is 1.57. The van der Waals surface area contributed by atoms with Crippen LogP contribution in [0.25, 0.3) is 0 Å². The van der Waals surface area contributed by atoms with Crippen LogP contribution in [0.5, 0.6) is 5.75 Å². The number of nitrogens with zero attached hydrogens (tertiary/aromatic N) is 1. The largest absolute Gasteiger partial charge is 0.494 e. The van der Waals surface area contributed by atoms with Crippen LogP contribution in [-0.2, 0) is 20.8 Å².